The van der Waals surface area contributed by atoms with E-state index in [1.165, 1.54) is 10.4 Å². The predicted octanol–water partition coefficient (Wildman–Crippen LogP) is 5.28. The number of benzene rings is 1. The van der Waals surface area contributed by atoms with Gasteiger partial charge in [0.05, 0.1) is 18.7 Å². The van der Waals surface area contributed by atoms with Gasteiger partial charge in [-0.3, -0.25) is 14.4 Å². The first-order valence-corrected chi connectivity index (χ1v) is 11.9. The highest BCUT2D eigenvalue weighted by molar-refractivity contribution is 7.15. The van der Waals surface area contributed by atoms with Crippen molar-refractivity contribution >= 4 is 23.0 Å². The number of aliphatic imine (C=N–C) groups is 1. The van der Waals surface area contributed by atoms with Crippen molar-refractivity contribution in [2.45, 2.75) is 66.5 Å². The summed E-state index contributed by atoms with van der Waals surface area (Å²) in [4.78, 5) is 18.2. The Morgan fingerprint density at radius 1 is 1.12 bits per heavy atom. The van der Waals surface area contributed by atoms with Crippen LogP contribution in [0.15, 0.2) is 29.3 Å². The summed E-state index contributed by atoms with van der Waals surface area (Å²) in [6.07, 6.45) is 0.207. The standard InChI is InChI=1S/C25H30N4O3S/c1-14-16(3)33-24-21(14)22(26-15(2)23-28-27-17(4)29(23)24)18-8-10-19(11-9-18)31-13-12-20(30)32-25(5,6)7/h8-11,15H,12-13H2,1-7H3/t15-/m0/s1. The zero-order chi connectivity index (χ0) is 23.9. The molecule has 0 unspecified atom stereocenters. The highest BCUT2D eigenvalue weighted by atomic mass is 32.1. The maximum Gasteiger partial charge on any atom is 0.309 e. The number of thiophene rings is 1. The van der Waals surface area contributed by atoms with Gasteiger partial charge in [-0.2, -0.15) is 0 Å². The molecule has 1 aliphatic heterocycles. The molecule has 0 saturated carbocycles. The fraction of sp³-hybridized carbons (Fsp3) is 0.440. The number of nitrogens with zero attached hydrogens (tertiary/aromatic N) is 4. The monoisotopic (exact) mass is 466 g/mol. The Bertz CT molecular complexity index is 1220. The van der Waals surface area contributed by atoms with Crippen molar-refractivity contribution < 1.29 is 14.3 Å². The molecule has 1 atom stereocenters. The van der Waals surface area contributed by atoms with E-state index in [4.69, 9.17) is 14.5 Å². The molecule has 0 bridgehead atoms. The minimum atomic E-state index is -0.489. The van der Waals surface area contributed by atoms with E-state index < -0.39 is 5.60 Å². The van der Waals surface area contributed by atoms with Crippen LogP contribution in [0.2, 0.25) is 0 Å². The number of aryl methyl sites for hydroxylation is 2. The van der Waals surface area contributed by atoms with Gasteiger partial charge in [0.1, 0.15) is 28.2 Å². The van der Waals surface area contributed by atoms with Gasteiger partial charge in [-0.25, -0.2) is 0 Å². The molecule has 8 heteroatoms. The van der Waals surface area contributed by atoms with Crippen LogP contribution in [0.3, 0.4) is 0 Å². The van der Waals surface area contributed by atoms with Crippen molar-refractivity contribution in [3.8, 4) is 10.8 Å². The molecular formula is C25H30N4O3S. The maximum absolute atomic E-state index is 11.9. The summed E-state index contributed by atoms with van der Waals surface area (Å²) in [6.45, 7) is 14.1. The summed E-state index contributed by atoms with van der Waals surface area (Å²) in [5.41, 5.74) is 3.82. The Morgan fingerprint density at radius 2 is 1.82 bits per heavy atom. The summed E-state index contributed by atoms with van der Waals surface area (Å²) in [5.74, 6) is 2.16. The Labute approximate surface area is 198 Å². The smallest absolute Gasteiger partial charge is 0.309 e. The van der Waals surface area contributed by atoms with E-state index in [2.05, 4.69) is 28.6 Å². The van der Waals surface area contributed by atoms with Crippen molar-refractivity contribution in [1.29, 1.82) is 0 Å². The van der Waals surface area contributed by atoms with Crippen LogP contribution in [0.5, 0.6) is 5.75 Å². The first kappa shape index (κ1) is 23.2. The highest BCUT2D eigenvalue weighted by Gasteiger charge is 2.29. The summed E-state index contributed by atoms with van der Waals surface area (Å²) in [6, 6.07) is 7.75. The number of rotatable bonds is 5. The SMILES string of the molecule is Cc1sc2c(c1C)C(c1ccc(OCCC(=O)OC(C)(C)C)cc1)=N[C@@H](C)c1nnc(C)n1-2. The van der Waals surface area contributed by atoms with Crippen molar-refractivity contribution in [3.63, 3.8) is 0 Å². The minimum Gasteiger partial charge on any atom is -0.493 e. The second kappa shape index (κ2) is 8.74. The normalized spacial score (nSPS) is 15.4. The molecule has 3 aromatic rings. The van der Waals surface area contributed by atoms with E-state index in [0.29, 0.717) is 5.75 Å². The second-order valence-electron chi connectivity index (χ2n) is 9.27. The summed E-state index contributed by atoms with van der Waals surface area (Å²) >= 11 is 1.75. The van der Waals surface area contributed by atoms with Crippen molar-refractivity contribution in [2.75, 3.05) is 6.61 Å². The Morgan fingerprint density at radius 3 is 2.48 bits per heavy atom. The van der Waals surface area contributed by atoms with Crippen molar-refractivity contribution in [2.24, 2.45) is 4.99 Å². The minimum absolute atomic E-state index is 0.120. The molecule has 0 fully saturated rings. The molecule has 0 N–H and O–H groups in total. The molecule has 0 aliphatic carbocycles. The van der Waals surface area contributed by atoms with E-state index in [9.17, 15) is 4.79 Å². The Hall–Kier alpha value is -3.00. The Kier molecular flexibility index (Phi) is 6.14. The third kappa shape index (κ3) is 4.71. The lowest BCUT2D eigenvalue weighted by molar-refractivity contribution is -0.155. The molecule has 7 nitrogen and oxygen atoms in total. The molecule has 3 heterocycles. The van der Waals surface area contributed by atoms with Crippen molar-refractivity contribution in [3.05, 3.63) is 57.5 Å². The van der Waals surface area contributed by atoms with Crippen molar-refractivity contribution in [1.82, 2.24) is 14.8 Å². The zero-order valence-electron chi connectivity index (χ0n) is 20.2. The average Bonchev–Trinajstić information content (AvgIpc) is 3.21. The van der Waals surface area contributed by atoms with Crippen LogP contribution < -0.4 is 4.74 Å². The number of hydrogen-bond donors (Lipinski definition) is 0. The van der Waals surface area contributed by atoms with Gasteiger partial charge in [0.25, 0.3) is 0 Å². The maximum atomic E-state index is 11.9. The lowest BCUT2D eigenvalue weighted by Gasteiger charge is -2.19. The van der Waals surface area contributed by atoms with Gasteiger partial charge in [-0.1, -0.05) is 0 Å². The lowest BCUT2D eigenvalue weighted by Crippen LogP contribution is -2.24. The molecule has 33 heavy (non-hydrogen) atoms. The van der Waals surface area contributed by atoms with E-state index in [1.54, 1.807) is 11.3 Å². The van der Waals surface area contributed by atoms with Crippen LogP contribution >= 0.6 is 11.3 Å². The van der Waals surface area contributed by atoms with E-state index in [1.807, 2.05) is 58.9 Å². The average molecular weight is 467 g/mol. The fourth-order valence-electron chi connectivity index (χ4n) is 3.83. The lowest BCUT2D eigenvalue weighted by atomic mass is 9.99. The number of carbonyl (C=O) groups is 1. The molecular weight excluding hydrogens is 436 g/mol. The van der Waals surface area contributed by atoms with Gasteiger partial charge >= 0.3 is 5.97 Å². The van der Waals surface area contributed by atoms with Crippen LogP contribution in [-0.2, 0) is 9.53 Å². The van der Waals surface area contributed by atoms with E-state index >= 15 is 0 Å². The molecule has 4 rings (SSSR count). The topological polar surface area (TPSA) is 78.6 Å². The molecule has 0 saturated heterocycles. The number of ether oxygens (including phenoxy) is 2. The largest absolute Gasteiger partial charge is 0.493 e. The van der Waals surface area contributed by atoms with Gasteiger partial charge in [-0.15, -0.1) is 21.5 Å². The zero-order valence-corrected chi connectivity index (χ0v) is 21.0. The van der Waals surface area contributed by atoms with Crippen LogP contribution in [0, 0.1) is 20.8 Å². The second-order valence-corrected chi connectivity index (χ2v) is 10.5. The molecule has 1 aliphatic rings. The number of carbonyl (C=O) groups excluding carboxylic acids is 1. The van der Waals surface area contributed by atoms with Gasteiger partial charge < -0.3 is 9.47 Å². The Balaban J connectivity index is 1.58. The third-order valence-electron chi connectivity index (χ3n) is 5.48. The fourth-order valence-corrected chi connectivity index (χ4v) is 5.05. The molecule has 174 valence electrons. The third-order valence-corrected chi connectivity index (χ3v) is 6.67. The molecule has 2 aromatic heterocycles. The molecule has 0 spiro atoms. The van der Waals surface area contributed by atoms with Gasteiger partial charge in [0.2, 0.25) is 0 Å². The first-order valence-electron chi connectivity index (χ1n) is 11.1. The van der Waals surface area contributed by atoms with Crippen LogP contribution in [0.4, 0.5) is 0 Å². The first-order chi connectivity index (χ1) is 15.5. The van der Waals surface area contributed by atoms with Gasteiger partial charge in [0.15, 0.2) is 5.82 Å². The van der Waals surface area contributed by atoms with Crippen LogP contribution in [0.25, 0.3) is 5.00 Å². The predicted molar refractivity (Wildman–Crippen MR) is 130 cm³/mol. The van der Waals surface area contributed by atoms with Crippen LogP contribution in [-0.4, -0.2) is 38.7 Å². The molecule has 0 amide bonds. The number of hydrogen-bond acceptors (Lipinski definition) is 7. The highest BCUT2D eigenvalue weighted by Crippen LogP contribution is 2.38. The molecule has 0 radical (unpaired) electrons. The number of fused-ring (bicyclic) bond motifs is 3. The molecule has 1 aromatic carbocycles. The quantitative estimate of drug-likeness (QED) is 0.478. The number of esters is 1. The van der Waals surface area contributed by atoms with E-state index in [-0.39, 0.29) is 25.0 Å². The summed E-state index contributed by atoms with van der Waals surface area (Å²) in [7, 11) is 0. The summed E-state index contributed by atoms with van der Waals surface area (Å²) < 4.78 is 13.2. The number of aromatic nitrogens is 3. The van der Waals surface area contributed by atoms with E-state index in [0.717, 1.165) is 33.5 Å². The van der Waals surface area contributed by atoms with Crippen LogP contribution in [0.1, 0.15) is 73.4 Å². The summed E-state index contributed by atoms with van der Waals surface area (Å²) in [5, 5.41) is 9.82. The van der Waals surface area contributed by atoms with Gasteiger partial charge in [-0.05, 0) is 78.3 Å². The van der Waals surface area contributed by atoms with Gasteiger partial charge in [0, 0.05) is 16.0 Å².